The fourth-order valence-electron chi connectivity index (χ4n) is 7.25. The van der Waals surface area contributed by atoms with Crippen LogP contribution in [0.3, 0.4) is 0 Å². The predicted molar refractivity (Wildman–Crippen MR) is 221 cm³/mol. The van der Waals surface area contributed by atoms with Gasteiger partial charge in [-0.1, -0.05) is 108 Å². The van der Waals surface area contributed by atoms with Crippen molar-refractivity contribution in [1.82, 2.24) is 9.55 Å². The van der Waals surface area contributed by atoms with Crippen LogP contribution in [0.4, 0.5) is 5.82 Å². The average molecular weight is 779 g/mol. The fourth-order valence-corrected chi connectivity index (χ4v) is 7.25. The van der Waals surface area contributed by atoms with E-state index in [-0.39, 0.29) is 19.6 Å². The highest BCUT2D eigenvalue weighted by molar-refractivity contribution is 5.90. The van der Waals surface area contributed by atoms with Gasteiger partial charge < -0.3 is 30.0 Å². The number of anilines is 1. The molecule has 0 spiro atoms. The molecule has 58 heavy (non-hydrogen) atoms. The van der Waals surface area contributed by atoms with E-state index in [0.29, 0.717) is 34.7 Å². The highest BCUT2D eigenvalue weighted by Crippen LogP contribution is 2.41. The molecule has 0 unspecified atom stereocenters. The molecule has 1 aromatic heterocycles. The number of carbonyl (C=O) groups excluding carboxylic acids is 2. The maximum Gasteiger partial charge on any atom is 0.351 e. The number of nitrogens with one attached hydrogen (secondary N) is 1. The number of aromatic nitrogens is 2. The minimum atomic E-state index is -1.00. The second-order valence-electron chi connectivity index (χ2n) is 14.3. The standard InChI is InChI=1S/C47H46N4O7/c1-31-14-18-33(19-15-31)44(52)56-30-41-40(58-45(53)34-20-16-32(2)17-21-34)28-42(57-41)51-29-35(26-27-48)43(49-46(51)54)50-47(36-10-6-4-7-11-36,37-12-8-5-9-13-37)38-22-24-39(55-3)25-23-38/h4-25,29,40-42H,26-28,30,48H2,1-3H3,(H,49,50,54)/t40-,41+,42+/m0/s1. The van der Waals surface area contributed by atoms with E-state index in [1.54, 1.807) is 37.6 Å². The van der Waals surface area contributed by atoms with Gasteiger partial charge in [-0.2, -0.15) is 4.98 Å². The molecule has 0 amide bonds. The zero-order valence-corrected chi connectivity index (χ0v) is 32.7. The van der Waals surface area contributed by atoms with Crippen LogP contribution in [0.2, 0.25) is 0 Å². The Bertz CT molecular complexity index is 2340. The first-order chi connectivity index (χ1) is 28.2. The molecule has 296 valence electrons. The number of carbonyl (C=O) groups is 2. The van der Waals surface area contributed by atoms with Crippen molar-refractivity contribution in [3.8, 4) is 5.75 Å². The molecule has 0 saturated carbocycles. The minimum Gasteiger partial charge on any atom is -0.497 e. The van der Waals surface area contributed by atoms with Crippen LogP contribution in [-0.2, 0) is 26.2 Å². The van der Waals surface area contributed by atoms with Crippen molar-refractivity contribution in [3.63, 3.8) is 0 Å². The van der Waals surface area contributed by atoms with Crippen molar-refractivity contribution < 1.29 is 28.5 Å². The SMILES string of the molecule is COc1ccc(C(Nc2nc(=O)n([C@H]3C[C@H](OC(=O)c4ccc(C)cc4)[C@@H](COC(=O)c4ccc(C)cc4)O3)cc2CCN)(c2ccccc2)c2ccccc2)cc1. The van der Waals surface area contributed by atoms with Gasteiger partial charge in [0.1, 0.15) is 42.1 Å². The lowest BCUT2D eigenvalue weighted by molar-refractivity contribution is -0.0582. The van der Waals surface area contributed by atoms with Gasteiger partial charge >= 0.3 is 17.6 Å². The Hall–Kier alpha value is -6.56. The minimum absolute atomic E-state index is 0.102. The molecule has 5 aromatic carbocycles. The van der Waals surface area contributed by atoms with E-state index in [2.05, 4.69) is 10.3 Å². The summed E-state index contributed by atoms with van der Waals surface area (Å²) < 4.78 is 25.0. The predicted octanol–water partition coefficient (Wildman–Crippen LogP) is 7.14. The Morgan fingerprint density at radius 2 is 1.34 bits per heavy atom. The summed E-state index contributed by atoms with van der Waals surface area (Å²) in [6.45, 7) is 3.90. The molecule has 1 saturated heterocycles. The first kappa shape index (κ1) is 39.7. The third-order valence-corrected chi connectivity index (χ3v) is 10.4. The van der Waals surface area contributed by atoms with Gasteiger partial charge in [0, 0.05) is 18.2 Å². The van der Waals surface area contributed by atoms with Gasteiger partial charge in [-0.15, -0.1) is 0 Å². The molecular weight excluding hydrogens is 733 g/mol. The molecule has 3 atom stereocenters. The maximum absolute atomic E-state index is 14.2. The van der Waals surface area contributed by atoms with Gasteiger partial charge in [-0.05, 0) is 79.9 Å². The smallest absolute Gasteiger partial charge is 0.351 e. The van der Waals surface area contributed by atoms with E-state index in [1.165, 1.54) is 4.57 Å². The molecule has 1 aliphatic heterocycles. The Morgan fingerprint density at radius 1 is 0.793 bits per heavy atom. The van der Waals surface area contributed by atoms with Gasteiger partial charge in [0.15, 0.2) is 0 Å². The number of methoxy groups -OCH3 is 1. The first-order valence-electron chi connectivity index (χ1n) is 19.2. The Kier molecular flexibility index (Phi) is 12.1. The van der Waals surface area contributed by atoms with E-state index >= 15 is 0 Å². The number of rotatable bonds is 14. The van der Waals surface area contributed by atoms with E-state index < -0.39 is 41.6 Å². The summed E-state index contributed by atoms with van der Waals surface area (Å²) in [6, 6.07) is 41.7. The molecule has 1 aliphatic rings. The lowest BCUT2D eigenvalue weighted by Crippen LogP contribution is -2.40. The van der Waals surface area contributed by atoms with Crippen LogP contribution in [0.25, 0.3) is 0 Å². The van der Waals surface area contributed by atoms with E-state index in [1.807, 2.05) is 123 Å². The van der Waals surface area contributed by atoms with Crippen molar-refractivity contribution in [3.05, 3.63) is 195 Å². The molecule has 0 aliphatic carbocycles. The molecule has 1 fully saturated rings. The average Bonchev–Trinajstić information content (AvgIpc) is 3.65. The van der Waals surface area contributed by atoms with E-state index in [9.17, 15) is 14.4 Å². The summed E-state index contributed by atoms with van der Waals surface area (Å²) in [5.74, 6) is -0.0629. The van der Waals surface area contributed by atoms with Crippen molar-refractivity contribution >= 4 is 17.8 Å². The Labute approximate surface area is 337 Å². The molecule has 11 nitrogen and oxygen atoms in total. The Balaban J connectivity index is 1.25. The van der Waals surface area contributed by atoms with Crippen molar-refractivity contribution in [1.29, 1.82) is 0 Å². The fraction of sp³-hybridized carbons (Fsp3) is 0.234. The number of aryl methyl sites for hydroxylation is 2. The second kappa shape index (κ2) is 17.7. The van der Waals surface area contributed by atoms with Crippen LogP contribution in [0.5, 0.6) is 5.75 Å². The molecule has 7 rings (SSSR count). The second-order valence-corrected chi connectivity index (χ2v) is 14.3. The number of esters is 2. The summed E-state index contributed by atoms with van der Waals surface area (Å²) in [6.07, 6.45) is -0.470. The molecule has 2 heterocycles. The maximum atomic E-state index is 14.2. The lowest BCUT2D eigenvalue weighted by atomic mass is 9.77. The number of nitrogens with two attached hydrogens (primary N) is 1. The van der Waals surface area contributed by atoms with Gasteiger partial charge in [0.2, 0.25) is 0 Å². The molecule has 0 bridgehead atoms. The van der Waals surface area contributed by atoms with Gasteiger partial charge in [0.05, 0.1) is 18.2 Å². The number of hydrogen-bond acceptors (Lipinski definition) is 10. The lowest BCUT2D eigenvalue weighted by Gasteiger charge is -2.38. The van der Waals surface area contributed by atoms with Crippen LogP contribution in [0, 0.1) is 13.8 Å². The summed E-state index contributed by atoms with van der Waals surface area (Å²) in [5, 5.41) is 3.72. The van der Waals surface area contributed by atoms with Crippen LogP contribution in [-0.4, -0.2) is 54.0 Å². The van der Waals surface area contributed by atoms with Gasteiger partial charge in [-0.3, -0.25) is 4.57 Å². The number of benzene rings is 5. The molecule has 11 heteroatoms. The molecule has 0 radical (unpaired) electrons. The quantitative estimate of drug-likeness (QED) is 0.0865. The Morgan fingerprint density at radius 3 is 1.90 bits per heavy atom. The highest BCUT2D eigenvalue weighted by Gasteiger charge is 2.42. The van der Waals surface area contributed by atoms with Crippen LogP contribution in [0.1, 0.15) is 66.7 Å². The van der Waals surface area contributed by atoms with E-state index in [4.69, 9.17) is 24.7 Å². The third-order valence-electron chi connectivity index (χ3n) is 10.4. The molecule has 3 N–H and O–H groups in total. The summed E-state index contributed by atoms with van der Waals surface area (Å²) in [5.41, 5.74) is 10.7. The monoisotopic (exact) mass is 778 g/mol. The summed E-state index contributed by atoms with van der Waals surface area (Å²) >= 11 is 0. The zero-order chi connectivity index (χ0) is 40.6. The van der Waals surface area contributed by atoms with Gasteiger partial charge in [0.25, 0.3) is 0 Å². The third kappa shape index (κ3) is 8.56. The molecular formula is C47H46N4O7. The number of nitrogens with zero attached hydrogens (tertiary/aromatic N) is 2. The van der Waals surface area contributed by atoms with Gasteiger partial charge in [-0.25, -0.2) is 14.4 Å². The number of ether oxygens (including phenoxy) is 4. The van der Waals surface area contributed by atoms with Crippen molar-refractivity contribution in [2.24, 2.45) is 5.73 Å². The van der Waals surface area contributed by atoms with Crippen molar-refractivity contribution in [2.45, 2.75) is 50.7 Å². The normalized spacial score (nSPS) is 16.4. The van der Waals surface area contributed by atoms with Crippen LogP contribution < -0.4 is 21.5 Å². The topological polar surface area (TPSA) is 144 Å². The van der Waals surface area contributed by atoms with Crippen molar-refractivity contribution in [2.75, 3.05) is 25.6 Å². The largest absolute Gasteiger partial charge is 0.497 e. The van der Waals surface area contributed by atoms with Crippen LogP contribution in [0.15, 0.2) is 144 Å². The summed E-state index contributed by atoms with van der Waals surface area (Å²) in [7, 11) is 1.62. The highest BCUT2D eigenvalue weighted by atomic mass is 16.6. The van der Waals surface area contributed by atoms with Crippen LogP contribution >= 0.6 is 0 Å². The van der Waals surface area contributed by atoms with E-state index in [0.717, 1.165) is 27.8 Å². The number of hydrogen-bond donors (Lipinski definition) is 2. The first-order valence-corrected chi connectivity index (χ1v) is 19.2. The zero-order valence-electron chi connectivity index (χ0n) is 32.7. The summed E-state index contributed by atoms with van der Waals surface area (Å²) in [4.78, 5) is 45.3. The molecule has 6 aromatic rings.